The van der Waals surface area contributed by atoms with Gasteiger partial charge in [0.1, 0.15) is 6.54 Å². The molecule has 1 amide bonds. The van der Waals surface area contributed by atoms with Crippen molar-refractivity contribution in [2.45, 2.75) is 6.18 Å². The van der Waals surface area contributed by atoms with E-state index in [1.54, 1.807) is 5.32 Å². The quantitative estimate of drug-likeness (QED) is 0.823. The van der Waals surface area contributed by atoms with Gasteiger partial charge in [-0.3, -0.25) is 4.79 Å². The standard InChI is InChI=1S/C9H8BrF3N2O/c10-7-2-1-5(14)3-6(7)8(16)15-4-9(11,12)13/h1-3H,4,14H2,(H,15,16). The number of benzene rings is 1. The molecule has 0 aliphatic heterocycles. The van der Waals surface area contributed by atoms with Gasteiger partial charge in [0.15, 0.2) is 0 Å². The molecule has 0 spiro atoms. The Labute approximate surface area is 97.9 Å². The summed E-state index contributed by atoms with van der Waals surface area (Å²) in [5.41, 5.74) is 5.80. The molecular weight excluding hydrogens is 289 g/mol. The van der Waals surface area contributed by atoms with Crippen molar-refractivity contribution in [2.24, 2.45) is 0 Å². The van der Waals surface area contributed by atoms with Gasteiger partial charge in [-0.15, -0.1) is 0 Å². The van der Waals surface area contributed by atoms with Crippen LogP contribution in [0.15, 0.2) is 22.7 Å². The molecule has 0 saturated heterocycles. The topological polar surface area (TPSA) is 55.1 Å². The summed E-state index contributed by atoms with van der Waals surface area (Å²) >= 11 is 3.05. The minimum atomic E-state index is -4.43. The number of hydrogen-bond acceptors (Lipinski definition) is 2. The molecule has 0 aliphatic carbocycles. The molecule has 1 rings (SSSR count). The second-order valence-corrected chi connectivity index (χ2v) is 3.89. The first-order valence-electron chi connectivity index (χ1n) is 4.19. The minimum Gasteiger partial charge on any atom is -0.399 e. The number of carbonyl (C=O) groups excluding carboxylic acids is 1. The van der Waals surface area contributed by atoms with E-state index >= 15 is 0 Å². The molecular formula is C9H8BrF3N2O. The van der Waals surface area contributed by atoms with Gasteiger partial charge in [-0.05, 0) is 34.1 Å². The Hall–Kier alpha value is -1.24. The second kappa shape index (κ2) is 4.73. The van der Waals surface area contributed by atoms with Crippen LogP contribution in [0.2, 0.25) is 0 Å². The number of halogens is 4. The summed E-state index contributed by atoms with van der Waals surface area (Å²) in [6, 6.07) is 4.33. The van der Waals surface area contributed by atoms with Crippen molar-refractivity contribution in [3.05, 3.63) is 28.2 Å². The van der Waals surface area contributed by atoms with Crippen LogP contribution >= 0.6 is 15.9 Å². The molecule has 0 bridgehead atoms. The molecule has 0 radical (unpaired) electrons. The van der Waals surface area contributed by atoms with Crippen LogP contribution in [0.5, 0.6) is 0 Å². The molecule has 88 valence electrons. The SMILES string of the molecule is Nc1ccc(Br)c(C(=O)NCC(F)(F)F)c1. The van der Waals surface area contributed by atoms with Crippen molar-refractivity contribution in [3.8, 4) is 0 Å². The largest absolute Gasteiger partial charge is 0.405 e. The number of rotatable bonds is 2. The minimum absolute atomic E-state index is 0.0734. The van der Waals surface area contributed by atoms with E-state index < -0.39 is 18.6 Å². The second-order valence-electron chi connectivity index (χ2n) is 3.04. The molecule has 0 atom stereocenters. The highest BCUT2D eigenvalue weighted by Gasteiger charge is 2.28. The lowest BCUT2D eigenvalue weighted by molar-refractivity contribution is -0.123. The van der Waals surface area contributed by atoms with Gasteiger partial charge < -0.3 is 11.1 Å². The highest BCUT2D eigenvalue weighted by molar-refractivity contribution is 9.10. The molecule has 0 unspecified atom stereocenters. The van der Waals surface area contributed by atoms with Crippen LogP contribution in [0.25, 0.3) is 0 Å². The van der Waals surface area contributed by atoms with Gasteiger partial charge in [0, 0.05) is 10.2 Å². The molecule has 3 N–H and O–H groups in total. The molecule has 3 nitrogen and oxygen atoms in total. The number of amides is 1. The van der Waals surface area contributed by atoms with Gasteiger partial charge in [-0.25, -0.2) is 0 Å². The Morgan fingerprint density at radius 3 is 2.62 bits per heavy atom. The van der Waals surface area contributed by atoms with E-state index in [1.807, 2.05) is 0 Å². The maximum atomic E-state index is 11.9. The fourth-order valence-electron chi connectivity index (χ4n) is 0.993. The van der Waals surface area contributed by atoms with Crippen LogP contribution in [0.4, 0.5) is 18.9 Å². The Bertz CT molecular complexity index is 406. The van der Waals surface area contributed by atoms with Crippen molar-refractivity contribution in [1.29, 1.82) is 0 Å². The van der Waals surface area contributed by atoms with Crippen LogP contribution in [-0.2, 0) is 0 Å². The molecule has 0 heterocycles. The number of nitrogens with two attached hydrogens (primary N) is 1. The zero-order valence-corrected chi connectivity index (χ0v) is 9.52. The van der Waals surface area contributed by atoms with E-state index in [-0.39, 0.29) is 5.56 Å². The maximum Gasteiger partial charge on any atom is 0.405 e. The van der Waals surface area contributed by atoms with Gasteiger partial charge in [0.05, 0.1) is 5.56 Å². The predicted octanol–water partition coefficient (Wildman–Crippen LogP) is 2.32. The van der Waals surface area contributed by atoms with E-state index in [9.17, 15) is 18.0 Å². The molecule has 1 aromatic rings. The predicted molar refractivity (Wildman–Crippen MR) is 56.9 cm³/mol. The summed E-state index contributed by atoms with van der Waals surface area (Å²) in [6.45, 7) is -1.37. The first-order valence-corrected chi connectivity index (χ1v) is 4.99. The lowest BCUT2D eigenvalue weighted by Crippen LogP contribution is -2.33. The van der Waals surface area contributed by atoms with E-state index in [4.69, 9.17) is 5.73 Å². The van der Waals surface area contributed by atoms with Crippen molar-refractivity contribution in [2.75, 3.05) is 12.3 Å². The number of nitrogens with one attached hydrogen (secondary N) is 1. The van der Waals surface area contributed by atoms with Gasteiger partial charge in [0.25, 0.3) is 5.91 Å². The third-order valence-electron chi connectivity index (χ3n) is 1.68. The average Bonchev–Trinajstić information content (AvgIpc) is 2.17. The van der Waals surface area contributed by atoms with Crippen molar-refractivity contribution < 1.29 is 18.0 Å². The normalized spacial score (nSPS) is 11.2. The fraction of sp³-hybridized carbons (Fsp3) is 0.222. The zero-order valence-electron chi connectivity index (χ0n) is 7.94. The highest BCUT2D eigenvalue weighted by Crippen LogP contribution is 2.20. The zero-order chi connectivity index (χ0) is 12.3. The monoisotopic (exact) mass is 296 g/mol. The Kier molecular flexibility index (Phi) is 3.79. The third-order valence-corrected chi connectivity index (χ3v) is 2.38. The maximum absolute atomic E-state index is 11.9. The van der Waals surface area contributed by atoms with Gasteiger partial charge >= 0.3 is 6.18 Å². The van der Waals surface area contributed by atoms with E-state index in [1.165, 1.54) is 18.2 Å². The summed E-state index contributed by atoms with van der Waals surface area (Å²) in [7, 11) is 0. The summed E-state index contributed by atoms with van der Waals surface area (Å²) in [5, 5.41) is 1.76. The van der Waals surface area contributed by atoms with E-state index in [0.29, 0.717) is 10.2 Å². The molecule has 1 aromatic carbocycles. The fourth-order valence-corrected chi connectivity index (χ4v) is 1.42. The lowest BCUT2D eigenvalue weighted by Gasteiger charge is -2.09. The van der Waals surface area contributed by atoms with Gasteiger partial charge in [-0.1, -0.05) is 0 Å². The van der Waals surface area contributed by atoms with Crippen LogP contribution in [0, 0.1) is 0 Å². The summed E-state index contributed by atoms with van der Waals surface area (Å²) in [5.74, 6) is -0.823. The van der Waals surface area contributed by atoms with Gasteiger partial charge in [-0.2, -0.15) is 13.2 Å². The third kappa shape index (κ3) is 3.73. The van der Waals surface area contributed by atoms with Crippen LogP contribution < -0.4 is 11.1 Å². The van der Waals surface area contributed by atoms with Crippen molar-refractivity contribution in [1.82, 2.24) is 5.32 Å². The molecule has 7 heteroatoms. The molecule has 0 aliphatic rings. The number of hydrogen-bond donors (Lipinski definition) is 2. The average molecular weight is 297 g/mol. The molecule has 0 aromatic heterocycles. The smallest absolute Gasteiger partial charge is 0.399 e. The van der Waals surface area contributed by atoms with Crippen molar-refractivity contribution in [3.63, 3.8) is 0 Å². The molecule has 0 saturated carbocycles. The Balaban J connectivity index is 2.77. The van der Waals surface area contributed by atoms with Crippen LogP contribution in [0.1, 0.15) is 10.4 Å². The number of carbonyl (C=O) groups is 1. The molecule has 16 heavy (non-hydrogen) atoms. The summed E-state index contributed by atoms with van der Waals surface area (Å²) < 4.78 is 36.0. The van der Waals surface area contributed by atoms with E-state index in [2.05, 4.69) is 15.9 Å². The number of alkyl halides is 3. The number of anilines is 1. The Morgan fingerprint density at radius 2 is 2.06 bits per heavy atom. The summed E-state index contributed by atoms with van der Waals surface area (Å²) in [6.07, 6.45) is -4.43. The molecule has 0 fully saturated rings. The van der Waals surface area contributed by atoms with Crippen LogP contribution in [-0.4, -0.2) is 18.6 Å². The first kappa shape index (κ1) is 12.8. The highest BCUT2D eigenvalue weighted by atomic mass is 79.9. The van der Waals surface area contributed by atoms with Crippen LogP contribution in [0.3, 0.4) is 0 Å². The Morgan fingerprint density at radius 1 is 1.44 bits per heavy atom. The number of nitrogen functional groups attached to an aromatic ring is 1. The lowest BCUT2D eigenvalue weighted by atomic mass is 10.2. The van der Waals surface area contributed by atoms with Crippen molar-refractivity contribution >= 4 is 27.5 Å². The summed E-state index contributed by atoms with van der Waals surface area (Å²) in [4.78, 5) is 11.4. The van der Waals surface area contributed by atoms with E-state index in [0.717, 1.165) is 0 Å². The first-order chi connectivity index (χ1) is 7.29. The van der Waals surface area contributed by atoms with Gasteiger partial charge in [0.2, 0.25) is 0 Å².